The molecule has 4 rings (SSSR count). The highest BCUT2D eigenvalue weighted by Gasteiger charge is 2.33. The van der Waals surface area contributed by atoms with Gasteiger partial charge in [-0.15, -0.1) is 0 Å². The van der Waals surface area contributed by atoms with Crippen LogP contribution in [0.4, 0.5) is 23.2 Å². The fourth-order valence-corrected chi connectivity index (χ4v) is 3.34. The first-order chi connectivity index (χ1) is 14.0. The second kappa shape index (κ2) is 8.20. The molecule has 1 unspecified atom stereocenters. The van der Waals surface area contributed by atoms with Gasteiger partial charge in [-0.2, -0.15) is 0 Å². The van der Waals surface area contributed by atoms with Crippen molar-refractivity contribution in [1.29, 1.82) is 0 Å². The number of aromatic nitrogens is 1. The van der Waals surface area contributed by atoms with Gasteiger partial charge in [0.05, 0.1) is 33.1 Å². The molecule has 0 saturated carbocycles. The Morgan fingerprint density at radius 1 is 0.967 bits per heavy atom. The molecular weight excluding hydrogens is 447 g/mol. The van der Waals surface area contributed by atoms with Gasteiger partial charge in [-0.1, -0.05) is 23.2 Å². The van der Waals surface area contributed by atoms with Gasteiger partial charge in [0, 0.05) is 23.8 Å². The van der Waals surface area contributed by atoms with Gasteiger partial charge in [0.15, 0.2) is 5.78 Å². The summed E-state index contributed by atoms with van der Waals surface area (Å²) in [7, 11) is 0. The van der Waals surface area contributed by atoms with Crippen molar-refractivity contribution < 1.29 is 27.2 Å². The fraction of sp³-hybridized carbons (Fsp3) is 0.150. The number of rotatable bonds is 0. The highest BCUT2D eigenvalue weighted by Crippen LogP contribution is 2.32. The predicted octanol–water partition coefficient (Wildman–Crippen LogP) is 5.86. The summed E-state index contributed by atoms with van der Waals surface area (Å²) < 4.78 is 52.4. The standard InChI is InChI=1S/C10H5Cl2F2N.C10H7F2NO2/c1-4-9(11)8-6(14)2-5(13)3-7(8)15-10(4)12;1-4-9(14)8-6(12)2-5(11)3-7(8)13-10(4)15/h2-3H,1H3;2-4H,1H3,(H,13,15). The molecule has 2 heterocycles. The lowest BCUT2D eigenvalue weighted by atomic mass is 9.93. The van der Waals surface area contributed by atoms with Gasteiger partial charge in [-0.3, -0.25) is 9.59 Å². The number of nitrogens with zero attached hydrogens (tertiary/aromatic N) is 1. The minimum atomic E-state index is -0.943. The van der Waals surface area contributed by atoms with E-state index in [0.29, 0.717) is 11.6 Å². The molecule has 0 spiro atoms. The molecule has 0 aliphatic carbocycles. The smallest absolute Gasteiger partial charge is 0.235 e. The number of Topliss-reactive ketones (excluding diaryl/α,β-unsaturated/α-hetero) is 1. The predicted molar refractivity (Wildman–Crippen MR) is 105 cm³/mol. The Morgan fingerprint density at radius 2 is 1.57 bits per heavy atom. The number of carbonyl (C=O) groups is 2. The molecule has 156 valence electrons. The van der Waals surface area contributed by atoms with Crippen LogP contribution in [0.2, 0.25) is 10.2 Å². The van der Waals surface area contributed by atoms with Crippen molar-refractivity contribution in [3.05, 3.63) is 68.8 Å². The third-order valence-electron chi connectivity index (χ3n) is 4.46. The van der Waals surface area contributed by atoms with Crippen molar-refractivity contribution in [2.45, 2.75) is 13.8 Å². The monoisotopic (exact) mass is 458 g/mol. The van der Waals surface area contributed by atoms with E-state index in [2.05, 4.69) is 10.3 Å². The van der Waals surface area contributed by atoms with Crippen LogP contribution in [0.25, 0.3) is 10.9 Å². The Hall–Kier alpha value is -2.71. The summed E-state index contributed by atoms with van der Waals surface area (Å²) in [6, 6.07) is 3.42. The third kappa shape index (κ3) is 3.97. The minimum Gasteiger partial charge on any atom is -0.325 e. The van der Waals surface area contributed by atoms with E-state index >= 15 is 0 Å². The second-order valence-electron chi connectivity index (χ2n) is 6.51. The number of pyridine rings is 1. The molecule has 0 bridgehead atoms. The number of ketones is 1. The van der Waals surface area contributed by atoms with Gasteiger partial charge in [0.25, 0.3) is 0 Å². The summed E-state index contributed by atoms with van der Waals surface area (Å²) in [5.74, 6) is -5.30. The fourth-order valence-electron chi connectivity index (χ4n) is 2.83. The van der Waals surface area contributed by atoms with Gasteiger partial charge in [0.1, 0.15) is 28.4 Å². The first kappa shape index (κ1) is 22.0. The number of carbonyl (C=O) groups excluding carboxylic acids is 2. The molecule has 1 amide bonds. The Balaban J connectivity index is 0.000000171. The van der Waals surface area contributed by atoms with E-state index in [1.807, 2.05) is 0 Å². The van der Waals surface area contributed by atoms with Gasteiger partial charge in [0.2, 0.25) is 5.91 Å². The summed E-state index contributed by atoms with van der Waals surface area (Å²) in [5.41, 5.74) is 0.258. The maximum atomic E-state index is 13.4. The number of nitrogens with one attached hydrogen (secondary N) is 1. The molecule has 0 fully saturated rings. The molecule has 3 aromatic rings. The molecule has 4 nitrogen and oxygen atoms in total. The van der Waals surface area contributed by atoms with Crippen LogP contribution in [0.15, 0.2) is 24.3 Å². The Bertz CT molecular complexity index is 1220. The van der Waals surface area contributed by atoms with Crippen molar-refractivity contribution >= 4 is 51.5 Å². The first-order valence-electron chi connectivity index (χ1n) is 8.45. The number of halogens is 6. The Kier molecular flexibility index (Phi) is 6.01. The van der Waals surface area contributed by atoms with E-state index < -0.39 is 40.9 Å². The summed E-state index contributed by atoms with van der Waals surface area (Å²) >= 11 is 11.7. The third-order valence-corrected chi connectivity index (χ3v) is 5.30. The number of hydrogen-bond acceptors (Lipinski definition) is 3. The zero-order valence-electron chi connectivity index (χ0n) is 15.4. The second-order valence-corrected chi connectivity index (χ2v) is 7.24. The molecule has 0 saturated heterocycles. The van der Waals surface area contributed by atoms with Crippen LogP contribution in [0.5, 0.6) is 0 Å². The van der Waals surface area contributed by atoms with Crippen LogP contribution < -0.4 is 5.32 Å². The van der Waals surface area contributed by atoms with E-state index in [-0.39, 0.29) is 32.3 Å². The normalized spacial score (nSPS) is 15.4. The van der Waals surface area contributed by atoms with Crippen molar-refractivity contribution in [1.82, 2.24) is 4.98 Å². The highest BCUT2D eigenvalue weighted by molar-refractivity contribution is 6.39. The zero-order valence-corrected chi connectivity index (χ0v) is 16.9. The van der Waals surface area contributed by atoms with Crippen molar-refractivity contribution in [2.24, 2.45) is 5.92 Å². The van der Waals surface area contributed by atoms with Crippen molar-refractivity contribution in [2.75, 3.05) is 5.32 Å². The molecule has 1 N–H and O–H groups in total. The van der Waals surface area contributed by atoms with E-state index in [4.69, 9.17) is 23.2 Å². The summed E-state index contributed by atoms with van der Waals surface area (Å²) in [6.07, 6.45) is 0. The number of hydrogen-bond donors (Lipinski definition) is 1. The molecule has 2 aromatic carbocycles. The molecule has 1 aliphatic heterocycles. The van der Waals surface area contributed by atoms with E-state index in [9.17, 15) is 27.2 Å². The molecule has 1 aromatic heterocycles. The largest absolute Gasteiger partial charge is 0.325 e. The van der Waals surface area contributed by atoms with Crippen LogP contribution in [0.3, 0.4) is 0 Å². The summed E-state index contributed by atoms with van der Waals surface area (Å²) in [6.45, 7) is 3.00. The SMILES string of the molecule is CC1C(=O)Nc2cc(F)cc(F)c2C1=O.Cc1c(Cl)nc2cc(F)cc(F)c2c1Cl. The van der Waals surface area contributed by atoms with Crippen molar-refractivity contribution in [3.63, 3.8) is 0 Å². The molecule has 1 atom stereocenters. The Morgan fingerprint density at radius 3 is 2.23 bits per heavy atom. The van der Waals surface area contributed by atoms with E-state index in [1.54, 1.807) is 6.92 Å². The number of anilines is 1. The first-order valence-corrected chi connectivity index (χ1v) is 9.21. The van der Waals surface area contributed by atoms with Crippen LogP contribution in [0, 0.1) is 36.1 Å². The van der Waals surface area contributed by atoms with E-state index in [1.165, 1.54) is 6.92 Å². The minimum absolute atomic E-state index is 0.0967. The van der Waals surface area contributed by atoms with Crippen LogP contribution in [-0.2, 0) is 4.79 Å². The van der Waals surface area contributed by atoms with Gasteiger partial charge >= 0.3 is 0 Å². The van der Waals surface area contributed by atoms with Crippen LogP contribution in [-0.4, -0.2) is 16.7 Å². The maximum absolute atomic E-state index is 13.4. The summed E-state index contributed by atoms with van der Waals surface area (Å²) in [4.78, 5) is 26.6. The maximum Gasteiger partial charge on any atom is 0.235 e. The number of fused-ring (bicyclic) bond motifs is 2. The zero-order chi connectivity index (χ0) is 22.3. The number of amides is 1. The average molecular weight is 459 g/mol. The Labute approximate surface area is 177 Å². The number of benzene rings is 2. The lowest BCUT2D eigenvalue weighted by Crippen LogP contribution is -2.34. The van der Waals surface area contributed by atoms with Gasteiger partial charge in [-0.05, 0) is 19.9 Å². The molecule has 30 heavy (non-hydrogen) atoms. The van der Waals surface area contributed by atoms with Crippen LogP contribution >= 0.6 is 23.2 Å². The van der Waals surface area contributed by atoms with E-state index in [0.717, 1.165) is 18.2 Å². The van der Waals surface area contributed by atoms with Crippen LogP contribution in [0.1, 0.15) is 22.8 Å². The lowest BCUT2D eigenvalue weighted by Gasteiger charge is -2.20. The van der Waals surface area contributed by atoms with Gasteiger partial charge in [-0.25, -0.2) is 22.5 Å². The quantitative estimate of drug-likeness (QED) is 0.260. The topological polar surface area (TPSA) is 59.1 Å². The van der Waals surface area contributed by atoms with Crippen molar-refractivity contribution in [3.8, 4) is 0 Å². The average Bonchev–Trinajstić information content (AvgIpc) is 2.63. The highest BCUT2D eigenvalue weighted by atomic mass is 35.5. The van der Waals surface area contributed by atoms with Gasteiger partial charge < -0.3 is 5.32 Å². The molecule has 0 radical (unpaired) electrons. The molecule has 10 heteroatoms. The summed E-state index contributed by atoms with van der Waals surface area (Å²) in [5, 5.41) is 2.70. The molecule has 1 aliphatic rings. The molecular formula is C20H12Cl2F4N2O2. The lowest BCUT2D eigenvalue weighted by molar-refractivity contribution is -0.118.